The van der Waals surface area contributed by atoms with Crippen molar-refractivity contribution in [2.45, 2.75) is 12.6 Å². The third-order valence-corrected chi connectivity index (χ3v) is 1.57. The van der Waals surface area contributed by atoms with Gasteiger partial charge in [0.15, 0.2) is 0 Å². The van der Waals surface area contributed by atoms with Crippen LogP contribution in [-0.2, 0) is 0 Å². The molecule has 0 aromatic heterocycles. The maximum Gasteiger partial charge on any atom is 0.128 e. The van der Waals surface area contributed by atoms with Gasteiger partial charge < -0.3 is 5.32 Å². The molecule has 0 unspecified atom stereocenters. The van der Waals surface area contributed by atoms with E-state index < -0.39 is 6.17 Å². The minimum atomic E-state index is -0.955. The van der Waals surface area contributed by atoms with Crippen LogP contribution in [0.1, 0.15) is 6.42 Å². The molecule has 50 valence electrons. The molecule has 0 saturated carbocycles. The summed E-state index contributed by atoms with van der Waals surface area (Å²) in [6.45, 7) is 1.12. The van der Waals surface area contributed by atoms with Crippen molar-refractivity contribution in [1.29, 1.82) is 5.26 Å². The molecule has 1 fully saturated rings. The van der Waals surface area contributed by atoms with Crippen LogP contribution in [-0.4, -0.2) is 19.3 Å². The molecule has 0 aromatic rings. The highest BCUT2D eigenvalue weighted by molar-refractivity contribution is 4.92. The normalized spacial score (nSPS) is 35.6. The number of hydrogen-bond donors (Lipinski definition) is 1. The molecule has 1 N–H and O–H groups in total. The topological polar surface area (TPSA) is 35.8 Å². The highest BCUT2D eigenvalue weighted by atomic mass is 19.1. The molecule has 0 radical (unpaired) electrons. The van der Waals surface area contributed by atoms with E-state index in [-0.39, 0.29) is 5.92 Å². The lowest BCUT2D eigenvalue weighted by molar-refractivity contribution is 0.218. The zero-order valence-corrected chi connectivity index (χ0v) is 5.10. The number of nitrogens with zero attached hydrogens (tertiary/aromatic N) is 1. The van der Waals surface area contributed by atoms with E-state index in [1.165, 1.54) is 0 Å². The zero-order valence-electron chi connectivity index (χ0n) is 5.10. The summed E-state index contributed by atoms with van der Waals surface area (Å²) in [5.41, 5.74) is 0. The second-order valence-corrected chi connectivity index (χ2v) is 2.24. The lowest BCUT2D eigenvalue weighted by atomic mass is 9.98. The molecule has 3 heteroatoms. The summed E-state index contributed by atoms with van der Waals surface area (Å²) in [6, 6.07) is 1.94. The summed E-state index contributed by atoms with van der Waals surface area (Å²) in [7, 11) is 0. The van der Waals surface area contributed by atoms with Crippen LogP contribution in [0.2, 0.25) is 0 Å². The van der Waals surface area contributed by atoms with Crippen molar-refractivity contribution in [2.24, 2.45) is 5.92 Å². The third kappa shape index (κ3) is 1.39. The second-order valence-electron chi connectivity index (χ2n) is 2.24. The largest absolute Gasteiger partial charge is 0.314 e. The molecule has 1 aliphatic heterocycles. The Kier molecular flexibility index (Phi) is 2.01. The molecule has 0 amide bonds. The quantitative estimate of drug-likeness (QED) is 0.514. The van der Waals surface area contributed by atoms with Crippen LogP contribution in [0, 0.1) is 17.2 Å². The van der Waals surface area contributed by atoms with E-state index in [0.29, 0.717) is 13.0 Å². The first kappa shape index (κ1) is 6.50. The van der Waals surface area contributed by atoms with E-state index in [9.17, 15) is 4.39 Å². The molecule has 1 aliphatic rings. The van der Waals surface area contributed by atoms with Gasteiger partial charge >= 0.3 is 0 Å². The number of nitriles is 1. The van der Waals surface area contributed by atoms with Gasteiger partial charge in [-0.25, -0.2) is 4.39 Å². The third-order valence-electron chi connectivity index (χ3n) is 1.57. The lowest BCUT2D eigenvalue weighted by Crippen LogP contribution is -2.37. The molecule has 2 atom stereocenters. The fourth-order valence-corrected chi connectivity index (χ4v) is 0.966. The number of rotatable bonds is 0. The van der Waals surface area contributed by atoms with Crippen molar-refractivity contribution in [1.82, 2.24) is 5.32 Å². The SMILES string of the molecule is N#C[C@@H]1CCNC[C@H]1F. The van der Waals surface area contributed by atoms with Crippen LogP contribution >= 0.6 is 0 Å². The van der Waals surface area contributed by atoms with Crippen molar-refractivity contribution in [3.05, 3.63) is 0 Å². The molecule has 0 bridgehead atoms. The summed E-state index contributed by atoms with van der Waals surface area (Å²) in [5, 5.41) is 11.2. The van der Waals surface area contributed by atoms with Crippen molar-refractivity contribution >= 4 is 0 Å². The molecule has 0 aliphatic carbocycles. The Morgan fingerprint density at radius 2 is 2.44 bits per heavy atom. The van der Waals surface area contributed by atoms with Crippen molar-refractivity contribution in [2.75, 3.05) is 13.1 Å². The first-order valence-corrected chi connectivity index (χ1v) is 3.09. The van der Waals surface area contributed by atoms with E-state index in [4.69, 9.17) is 5.26 Å². The van der Waals surface area contributed by atoms with Gasteiger partial charge in [0.25, 0.3) is 0 Å². The Morgan fingerprint density at radius 3 is 2.89 bits per heavy atom. The van der Waals surface area contributed by atoms with Gasteiger partial charge in [0, 0.05) is 6.54 Å². The van der Waals surface area contributed by atoms with Gasteiger partial charge in [-0.15, -0.1) is 0 Å². The molecule has 0 aromatic carbocycles. The highest BCUT2D eigenvalue weighted by Crippen LogP contribution is 2.13. The standard InChI is InChI=1S/C6H9FN2/c7-6-4-9-2-1-5(6)3-8/h5-6,9H,1-2,4H2/t5-,6+/m0/s1. The highest BCUT2D eigenvalue weighted by Gasteiger charge is 2.23. The minimum absolute atomic E-state index is 0.345. The second kappa shape index (κ2) is 2.79. The van der Waals surface area contributed by atoms with E-state index in [0.717, 1.165) is 6.54 Å². The molecule has 0 spiro atoms. The summed E-state index contributed by atoms with van der Waals surface area (Å²) in [5.74, 6) is -0.369. The first-order chi connectivity index (χ1) is 4.34. The number of nitrogens with one attached hydrogen (secondary N) is 1. The van der Waals surface area contributed by atoms with Gasteiger partial charge in [-0.3, -0.25) is 0 Å². The van der Waals surface area contributed by atoms with Crippen molar-refractivity contribution in [3.8, 4) is 6.07 Å². The Labute approximate surface area is 53.7 Å². The van der Waals surface area contributed by atoms with Crippen LogP contribution < -0.4 is 5.32 Å². The number of alkyl halides is 1. The number of hydrogen-bond acceptors (Lipinski definition) is 2. The van der Waals surface area contributed by atoms with E-state index in [2.05, 4.69) is 5.32 Å². The summed E-state index contributed by atoms with van der Waals surface area (Å²) < 4.78 is 12.6. The monoisotopic (exact) mass is 128 g/mol. The van der Waals surface area contributed by atoms with Gasteiger partial charge in [0.2, 0.25) is 0 Å². The van der Waals surface area contributed by atoms with Crippen LogP contribution in [0.4, 0.5) is 4.39 Å². The van der Waals surface area contributed by atoms with E-state index >= 15 is 0 Å². The summed E-state index contributed by atoms with van der Waals surface area (Å²) in [4.78, 5) is 0. The van der Waals surface area contributed by atoms with Crippen molar-refractivity contribution < 1.29 is 4.39 Å². The Balaban J connectivity index is 2.41. The number of piperidine rings is 1. The lowest BCUT2D eigenvalue weighted by Gasteiger charge is -2.20. The fourth-order valence-electron chi connectivity index (χ4n) is 0.966. The Morgan fingerprint density at radius 1 is 1.67 bits per heavy atom. The van der Waals surface area contributed by atoms with Crippen LogP contribution in [0.3, 0.4) is 0 Å². The van der Waals surface area contributed by atoms with Gasteiger partial charge in [0.05, 0.1) is 12.0 Å². The molecular weight excluding hydrogens is 119 g/mol. The smallest absolute Gasteiger partial charge is 0.128 e. The van der Waals surface area contributed by atoms with E-state index in [1.54, 1.807) is 0 Å². The maximum atomic E-state index is 12.6. The first-order valence-electron chi connectivity index (χ1n) is 3.09. The van der Waals surface area contributed by atoms with Gasteiger partial charge in [0.1, 0.15) is 6.17 Å². The average Bonchev–Trinajstić information content (AvgIpc) is 1.89. The van der Waals surface area contributed by atoms with Crippen LogP contribution in [0.15, 0.2) is 0 Å². The van der Waals surface area contributed by atoms with Crippen LogP contribution in [0.5, 0.6) is 0 Å². The number of halogens is 1. The molecule has 1 rings (SSSR count). The van der Waals surface area contributed by atoms with Crippen molar-refractivity contribution in [3.63, 3.8) is 0 Å². The fraction of sp³-hybridized carbons (Fsp3) is 0.833. The predicted molar refractivity (Wildman–Crippen MR) is 31.5 cm³/mol. The summed E-state index contributed by atoms with van der Waals surface area (Å²) in [6.07, 6.45) is -0.304. The predicted octanol–water partition coefficient (Wildman–Crippen LogP) is 0.458. The van der Waals surface area contributed by atoms with E-state index in [1.807, 2.05) is 6.07 Å². The molecule has 1 heterocycles. The molecule has 1 saturated heterocycles. The molecule has 9 heavy (non-hydrogen) atoms. The maximum absolute atomic E-state index is 12.6. The Bertz CT molecular complexity index is 130. The zero-order chi connectivity index (χ0) is 6.69. The van der Waals surface area contributed by atoms with Gasteiger partial charge in [-0.1, -0.05) is 0 Å². The average molecular weight is 128 g/mol. The molecular formula is C6H9FN2. The van der Waals surface area contributed by atoms with Crippen LogP contribution in [0.25, 0.3) is 0 Å². The van der Waals surface area contributed by atoms with Gasteiger partial charge in [-0.2, -0.15) is 5.26 Å². The summed E-state index contributed by atoms with van der Waals surface area (Å²) >= 11 is 0. The van der Waals surface area contributed by atoms with Gasteiger partial charge in [-0.05, 0) is 13.0 Å². The Hall–Kier alpha value is -0.620. The molecule has 2 nitrogen and oxygen atoms in total. The minimum Gasteiger partial charge on any atom is -0.314 e.